The zero-order valence-corrected chi connectivity index (χ0v) is 37.2. The molecule has 70 heavy (non-hydrogen) atoms. The van der Waals surface area contributed by atoms with E-state index in [1.807, 2.05) is 97.1 Å². The summed E-state index contributed by atoms with van der Waals surface area (Å²) in [6.45, 7) is 0. The highest BCUT2D eigenvalue weighted by molar-refractivity contribution is 6.28. The molecule has 330 valence electrons. The van der Waals surface area contributed by atoms with Gasteiger partial charge in [0.05, 0.1) is 72.7 Å². The summed E-state index contributed by atoms with van der Waals surface area (Å²) in [5.41, 5.74) is 9.83. The van der Waals surface area contributed by atoms with Gasteiger partial charge in [0.1, 0.15) is 0 Å². The normalized spacial score (nSPS) is 12.2. The van der Waals surface area contributed by atoms with Crippen LogP contribution in [-0.4, -0.2) is 18.3 Å². The molecule has 0 aliphatic rings. The summed E-state index contributed by atoms with van der Waals surface area (Å²) in [6.07, 6.45) is -4.73. The van der Waals surface area contributed by atoms with E-state index in [2.05, 4.69) is 109 Å². The van der Waals surface area contributed by atoms with Gasteiger partial charge in [-0.25, -0.2) is 0 Å². The molecule has 10 aromatic carbocycles. The number of hydrogen-bond acceptors (Lipinski definition) is 1. The van der Waals surface area contributed by atoms with Crippen molar-refractivity contribution in [1.82, 2.24) is 18.3 Å². The number of aromatic nitrogens is 4. The standard InChI is InChI=1S/C62H36F3N5/c63-62(64,65)48-26-12-7-23-45(48)57-55(69-49-27-13-8-21-41(49)43-31-33-53-58(60(43)69)46-24-10-15-29-51(46)67(53)39-17-3-1-4-18-39)35-38(37-66)36-56(57)70-50-28-14-9-22-42(50)44-32-34-54-59(61(44)70)47-25-11-16-30-52(47)68(54)40-19-5-2-6-20-40/h1-36H. The lowest BCUT2D eigenvalue weighted by Gasteiger charge is -2.23. The van der Waals surface area contributed by atoms with Crippen LogP contribution in [0.2, 0.25) is 0 Å². The van der Waals surface area contributed by atoms with E-state index >= 15 is 13.2 Å². The van der Waals surface area contributed by atoms with Gasteiger partial charge in [0.15, 0.2) is 0 Å². The Morgan fingerprint density at radius 1 is 0.357 bits per heavy atom. The van der Waals surface area contributed by atoms with Crippen LogP contribution < -0.4 is 0 Å². The Kier molecular flexibility index (Phi) is 8.44. The van der Waals surface area contributed by atoms with Crippen molar-refractivity contribution in [3.8, 4) is 39.9 Å². The van der Waals surface area contributed by atoms with Crippen molar-refractivity contribution in [1.29, 1.82) is 5.26 Å². The lowest BCUT2D eigenvalue weighted by molar-refractivity contribution is -0.137. The third-order valence-corrected chi connectivity index (χ3v) is 14.2. The van der Waals surface area contributed by atoms with E-state index in [4.69, 9.17) is 0 Å². The Hall–Kier alpha value is -9.32. The Morgan fingerprint density at radius 2 is 0.743 bits per heavy atom. The molecular formula is C62H36F3N5. The summed E-state index contributed by atoms with van der Waals surface area (Å²) >= 11 is 0. The average molecular weight is 908 g/mol. The molecule has 14 rings (SSSR count). The van der Waals surface area contributed by atoms with Crippen LogP contribution in [0.25, 0.3) is 121 Å². The Bertz CT molecular complexity index is 4270. The minimum atomic E-state index is -4.73. The van der Waals surface area contributed by atoms with Crippen LogP contribution in [0.15, 0.2) is 218 Å². The molecule has 0 fully saturated rings. The second-order valence-corrected chi connectivity index (χ2v) is 17.8. The van der Waals surface area contributed by atoms with Crippen LogP contribution >= 0.6 is 0 Å². The van der Waals surface area contributed by atoms with Crippen molar-refractivity contribution in [2.45, 2.75) is 6.18 Å². The summed E-state index contributed by atoms with van der Waals surface area (Å²) in [6, 6.07) is 73.5. The molecule has 4 heterocycles. The molecule has 0 aliphatic heterocycles. The molecule has 4 aromatic heterocycles. The molecule has 8 heteroatoms. The highest BCUT2D eigenvalue weighted by atomic mass is 19.4. The molecule has 0 spiro atoms. The first-order valence-electron chi connectivity index (χ1n) is 23.2. The number of para-hydroxylation sites is 6. The number of nitriles is 1. The van der Waals surface area contributed by atoms with E-state index in [0.29, 0.717) is 22.5 Å². The van der Waals surface area contributed by atoms with Crippen molar-refractivity contribution in [3.63, 3.8) is 0 Å². The fourth-order valence-electron chi connectivity index (χ4n) is 11.5. The molecule has 0 radical (unpaired) electrons. The third-order valence-electron chi connectivity index (χ3n) is 14.2. The van der Waals surface area contributed by atoms with E-state index in [1.165, 1.54) is 6.07 Å². The first kappa shape index (κ1) is 39.8. The Morgan fingerprint density at radius 3 is 1.19 bits per heavy atom. The first-order valence-corrected chi connectivity index (χ1v) is 23.2. The number of rotatable bonds is 5. The largest absolute Gasteiger partial charge is 0.417 e. The summed E-state index contributed by atoms with van der Waals surface area (Å²) in [7, 11) is 0. The van der Waals surface area contributed by atoms with Gasteiger partial charge in [-0.1, -0.05) is 140 Å². The second kappa shape index (κ2) is 14.8. The van der Waals surface area contributed by atoms with Crippen molar-refractivity contribution in [2.24, 2.45) is 0 Å². The molecule has 0 saturated heterocycles. The molecule has 14 aromatic rings. The molecule has 0 bridgehead atoms. The van der Waals surface area contributed by atoms with E-state index in [0.717, 1.165) is 105 Å². The van der Waals surface area contributed by atoms with Gasteiger partial charge in [-0.05, 0) is 84.4 Å². The van der Waals surface area contributed by atoms with E-state index in [1.54, 1.807) is 24.3 Å². The van der Waals surface area contributed by atoms with Gasteiger partial charge in [0, 0.05) is 60.0 Å². The molecule has 5 nitrogen and oxygen atoms in total. The van der Waals surface area contributed by atoms with Gasteiger partial charge < -0.3 is 18.3 Å². The fourth-order valence-corrected chi connectivity index (χ4v) is 11.5. The van der Waals surface area contributed by atoms with Crippen molar-refractivity contribution in [3.05, 3.63) is 230 Å². The number of nitrogens with zero attached hydrogens (tertiary/aromatic N) is 5. The van der Waals surface area contributed by atoms with Gasteiger partial charge in [-0.3, -0.25) is 0 Å². The van der Waals surface area contributed by atoms with Gasteiger partial charge in [0.25, 0.3) is 0 Å². The number of hydrogen-bond donors (Lipinski definition) is 0. The minimum absolute atomic E-state index is 0.000806. The predicted molar refractivity (Wildman–Crippen MR) is 279 cm³/mol. The molecule has 0 saturated carbocycles. The first-order chi connectivity index (χ1) is 34.4. The molecule has 0 aliphatic carbocycles. The van der Waals surface area contributed by atoms with Crippen LogP contribution in [0.1, 0.15) is 11.1 Å². The van der Waals surface area contributed by atoms with Crippen molar-refractivity contribution >= 4 is 87.2 Å². The topological polar surface area (TPSA) is 43.5 Å². The quantitative estimate of drug-likeness (QED) is 0.170. The van der Waals surface area contributed by atoms with Crippen molar-refractivity contribution < 1.29 is 13.2 Å². The minimum Gasteiger partial charge on any atom is -0.309 e. The number of alkyl halides is 3. The second-order valence-electron chi connectivity index (χ2n) is 17.8. The van der Waals surface area contributed by atoms with Crippen LogP contribution in [0, 0.1) is 11.3 Å². The third kappa shape index (κ3) is 5.54. The molecule has 0 unspecified atom stereocenters. The smallest absolute Gasteiger partial charge is 0.309 e. The SMILES string of the molecule is N#Cc1cc(-n2c3ccccc3c3ccc4c(c5ccccc5n4-c4ccccc4)c32)c(-c2ccccc2C(F)(F)F)c(-n2c3ccccc3c3ccc4c(c5ccccc5n4-c4ccccc4)c32)c1. The summed E-state index contributed by atoms with van der Waals surface area (Å²) in [4.78, 5) is 0. The fraction of sp³-hybridized carbons (Fsp3) is 0.0161. The van der Waals surface area contributed by atoms with Crippen LogP contribution in [0.3, 0.4) is 0 Å². The highest BCUT2D eigenvalue weighted by Crippen LogP contribution is 2.50. The highest BCUT2D eigenvalue weighted by Gasteiger charge is 2.36. The lowest BCUT2D eigenvalue weighted by atomic mass is 9.93. The van der Waals surface area contributed by atoms with Gasteiger partial charge in [0.2, 0.25) is 0 Å². The molecule has 0 amide bonds. The number of benzene rings is 10. The predicted octanol–water partition coefficient (Wildman–Crippen LogP) is 16.6. The summed E-state index contributed by atoms with van der Waals surface area (Å²) in [5.74, 6) is 0. The Labute approximate surface area is 397 Å². The molecule has 0 atom stereocenters. The molecule has 0 N–H and O–H groups in total. The maximum absolute atomic E-state index is 15.9. The van der Waals surface area contributed by atoms with Gasteiger partial charge in [-0.2, -0.15) is 18.4 Å². The van der Waals surface area contributed by atoms with E-state index < -0.39 is 11.7 Å². The molecular weight excluding hydrogens is 872 g/mol. The van der Waals surface area contributed by atoms with Gasteiger partial charge in [-0.15, -0.1) is 0 Å². The number of fused-ring (bicyclic) bond motifs is 14. The van der Waals surface area contributed by atoms with Crippen molar-refractivity contribution in [2.75, 3.05) is 0 Å². The monoisotopic (exact) mass is 907 g/mol. The van der Waals surface area contributed by atoms with E-state index in [-0.39, 0.29) is 5.56 Å². The maximum Gasteiger partial charge on any atom is 0.417 e. The Balaban J connectivity index is 1.22. The summed E-state index contributed by atoms with van der Waals surface area (Å²) in [5, 5.41) is 18.8. The zero-order chi connectivity index (χ0) is 46.8. The van der Waals surface area contributed by atoms with Crippen LogP contribution in [-0.2, 0) is 6.18 Å². The average Bonchev–Trinajstić information content (AvgIpc) is 4.13. The zero-order valence-electron chi connectivity index (χ0n) is 37.2. The van der Waals surface area contributed by atoms with Crippen LogP contribution in [0.5, 0.6) is 0 Å². The van der Waals surface area contributed by atoms with Crippen LogP contribution in [0.4, 0.5) is 13.2 Å². The van der Waals surface area contributed by atoms with E-state index in [9.17, 15) is 5.26 Å². The maximum atomic E-state index is 15.9. The van der Waals surface area contributed by atoms with Gasteiger partial charge >= 0.3 is 6.18 Å². The summed E-state index contributed by atoms with van der Waals surface area (Å²) < 4.78 is 56.3. The lowest BCUT2D eigenvalue weighted by Crippen LogP contribution is -2.11. The number of halogens is 3.